The molecule has 2 heterocycles. The summed E-state index contributed by atoms with van der Waals surface area (Å²) in [7, 11) is 0. The van der Waals surface area contributed by atoms with Crippen LogP contribution >= 0.6 is 0 Å². The van der Waals surface area contributed by atoms with Crippen molar-refractivity contribution in [2.45, 2.75) is 0 Å². The molecule has 0 spiro atoms. The summed E-state index contributed by atoms with van der Waals surface area (Å²) in [6.45, 7) is 0. The first-order valence-corrected chi connectivity index (χ1v) is 6.76. The van der Waals surface area contributed by atoms with Gasteiger partial charge in [-0.25, -0.2) is 9.97 Å². The maximum Gasteiger partial charge on any atom is 0.124 e. The zero-order valence-corrected chi connectivity index (χ0v) is 11.2. The van der Waals surface area contributed by atoms with Crippen molar-refractivity contribution in [3.63, 3.8) is 0 Å². The second-order valence-corrected chi connectivity index (χ2v) is 4.93. The van der Waals surface area contributed by atoms with E-state index in [-0.39, 0.29) is 5.75 Å². The van der Waals surface area contributed by atoms with Crippen LogP contribution in [0.2, 0.25) is 0 Å². The molecule has 4 rings (SSSR count). The van der Waals surface area contributed by atoms with Gasteiger partial charge in [0.15, 0.2) is 0 Å². The quantitative estimate of drug-likeness (QED) is 0.566. The highest BCUT2D eigenvalue weighted by Gasteiger charge is 2.06. The van der Waals surface area contributed by atoms with Crippen molar-refractivity contribution in [2.24, 2.45) is 0 Å². The number of para-hydroxylation sites is 1. The molecule has 2 aromatic carbocycles. The van der Waals surface area contributed by atoms with Gasteiger partial charge in [-0.05, 0) is 36.4 Å². The van der Waals surface area contributed by atoms with Gasteiger partial charge in [0.05, 0.1) is 22.4 Å². The van der Waals surface area contributed by atoms with Gasteiger partial charge in [-0.3, -0.25) is 0 Å². The lowest BCUT2D eigenvalue weighted by Gasteiger charge is -2.05. The predicted molar refractivity (Wildman–Crippen MR) is 84.1 cm³/mol. The van der Waals surface area contributed by atoms with Crippen LogP contribution < -0.4 is 0 Å². The van der Waals surface area contributed by atoms with E-state index >= 15 is 0 Å². The Morgan fingerprint density at radius 2 is 1.33 bits per heavy atom. The van der Waals surface area contributed by atoms with Crippen LogP contribution in [0.5, 0.6) is 5.75 Å². The Morgan fingerprint density at radius 1 is 0.619 bits per heavy atom. The molecular formula is C18H12N2O. The van der Waals surface area contributed by atoms with Gasteiger partial charge >= 0.3 is 0 Å². The third-order valence-corrected chi connectivity index (χ3v) is 3.57. The van der Waals surface area contributed by atoms with Crippen LogP contribution in [0, 0.1) is 0 Å². The van der Waals surface area contributed by atoms with Crippen molar-refractivity contribution in [3.8, 4) is 17.1 Å². The summed E-state index contributed by atoms with van der Waals surface area (Å²) in [5, 5.41) is 11.7. The predicted octanol–water partition coefficient (Wildman–Crippen LogP) is 4.16. The van der Waals surface area contributed by atoms with Crippen LogP contribution in [0.3, 0.4) is 0 Å². The maximum absolute atomic E-state index is 9.82. The minimum Gasteiger partial charge on any atom is -0.507 e. The highest BCUT2D eigenvalue weighted by atomic mass is 16.3. The van der Waals surface area contributed by atoms with Gasteiger partial charge in [0, 0.05) is 10.8 Å². The lowest BCUT2D eigenvalue weighted by atomic mass is 10.1. The number of aromatic nitrogens is 2. The molecular weight excluding hydrogens is 260 g/mol. The Balaban J connectivity index is 1.91. The first-order chi connectivity index (χ1) is 10.3. The van der Waals surface area contributed by atoms with E-state index in [2.05, 4.69) is 9.97 Å². The molecule has 0 atom stereocenters. The number of phenols is 1. The third kappa shape index (κ3) is 1.99. The highest BCUT2D eigenvalue weighted by molar-refractivity contribution is 5.87. The molecule has 0 aliphatic rings. The lowest BCUT2D eigenvalue weighted by Crippen LogP contribution is -1.89. The first-order valence-electron chi connectivity index (χ1n) is 6.76. The van der Waals surface area contributed by atoms with Gasteiger partial charge in [0.1, 0.15) is 5.75 Å². The minimum absolute atomic E-state index is 0.248. The van der Waals surface area contributed by atoms with Gasteiger partial charge in [-0.1, -0.05) is 30.3 Å². The molecule has 0 amide bonds. The molecule has 21 heavy (non-hydrogen) atoms. The van der Waals surface area contributed by atoms with E-state index in [1.165, 1.54) is 0 Å². The van der Waals surface area contributed by atoms with Crippen LogP contribution in [-0.2, 0) is 0 Å². The molecule has 0 radical (unpaired) electrons. The fourth-order valence-electron chi connectivity index (χ4n) is 2.49. The molecule has 0 unspecified atom stereocenters. The Bertz CT molecular complexity index is 963. The molecule has 1 N–H and O–H groups in total. The number of rotatable bonds is 1. The Hall–Kier alpha value is -2.94. The Kier molecular flexibility index (Phi) is 2.57. The van der Waals surface area contributed by atoms with Crippen LogP contribution in [0.15, 0.2) is 66.7 Å². The van der Waals surface area contributed by atoms with Crippen LogP contribution in [0.1, 0.15) is 0 Å². The fraction of sp³-hybridized carbons (Fsp3) is 0. The first kappa shape index (κ1) is 11.9. The number of benzene rings is 2. The summed E-state index contributed by atoms with van der Waals surface area (Å²) in [6, 6.07) is 21.1. The summed E-state index contributed by atoms with van der Waals surface area (Å²) >= 11 is 0. The molecule has 3 heteroatoms. The van der Waals surface area contributed by atoms with Crippen molar-refractivity contribution < 1.29 is 5.11 Å². The molecule has 100 valence electrons. The fourth-order valence-corrected chi connectivity index (χ4v) is 2.49. The number of aromatic hydroxyl groups is 1. The summed E-state index contributed by atoms with van der Waals surface area (Å²) in [6.07, 6.45) is 0. The van der Waals surface area contributed by atoms with Gasteiger partial charge in [-0.2, -0.15) is 0 Å². The van der Waals surface area contributed by atoms with Crippen LogP contribution in [0.4, 0.5) is 0 Å². The van der Waals surface area contributed by atoms with Crippen molar-refractivity contribution >= 4 is 21.8 Å². The van der Waals surface area contributed by atoms with Gasteiger partial charge in [-0.15, -0.1) is 0 Å². The molecule has 0 fully saturated rings. The Morgan fingerprint density at radius 3 is 2.24 bits per heavy atom. The highest BCUT2D eigenvalue weighted by Crippen LogP contribution is 2.26. The van der Waals surface area contributed by atoms with Gasteiger partial charge in [0.25, 0.3) is 0 Å². The van der Waals surface area contributed by atoms with E-state index < -0.39 is 0 Å². The molecule has 4 aromatic rings. The van der Waals surface area contributed by atoms with Crippen molar-refractivity contribution in [1.29, 1.82) is 0 Å². The minimum atomic E-state index is 0.248. The third-order valence-electron chi connectivity index (χ3n) is 3.57. The van der Waals surface area contributed by atoms with Crippen molar-refractivity contribution in [2.75, 3.05) is 0 Å². The summed E-state index contributed by atoms with van der Waals surface area (Å²) in [5.41, 5.74) is 3.35. The van der Waals surface area contributed by atoms with E-state index in [9.17, 15) is 5.11 Å². The standard InChI is InChI=1S/C18H12N2O/c21-18-7-3-6-15-13(18)9-11-17(20-15)16-10-8-12-4-1-2-5-14(12)19-16/h1-11,21H. The number of phenolic OH excluding ortho intramolecular Hbond substituents is 1. The number of fused-ring (bicyclic) bond motifs is 2. The van der Waals surface area contributed by atoms with Crippen molar-refractivity contribution in [1.82, 2.24) is 9.97 Å². The van der Waals surface area contributed by atoms with Gasteiger partial charge in [0.2, 0.25) is 0 Å². The van der Waals surface area contributed by atoms with E-state index in [4.69, 9.17) is 0 Å². The number of pyridine rings is 2. The maximum atomic E-state index is 9.82. The zero-order chi connectivity index (χ0) is 14.2. The van der Waals surface area contributed by atoms with Crippen molar-refractivity contribution in [3.05, 3.63) is 66.7 Å². The summed E-state index contributed by atoms with van der Waals surface area (Å²) in [5.74, 6) is 0.248. The monoisotopic (exact) mass is 272 g/mol. The summed E-state index contributed by atoms with van der Waals surface area (Å²) < 4.78 is 0. The number of hydrogen-bond acceptors (Lipinski definition) is 3. The average Bonchev–Trinajstić information content (AvgIpc) is 2.54. The molecule has 0 saturated heterocycles. The molecule has 0 aliphatic heterocycles. The molecule has 3 nitrogen and oxygen atoms in total. The number of hydrogen-bond donors (Lipinski definition) is 1. The Labute approximate surface area is 121 Å². The average molecular weight is 272 g/mol. The van der Waals surface area contributed by atoms with Crippen LogP contribution in [-0.4, -0.2) is 15.1 Å². The molecule has 0 bridgehead atoms. The van der Waals surface area contributed by atoms with E-state index in [0.717, 1.165) is 33.2 Å². The smallest absolute Gasteiger partial charge is 0.124 e. The molecule has 2 aromatic heterocycles. The molecule has 0 saturated carbocycles. The lowest BCUT2D eigenvalue weighted by molar-refractivity contribution is 0.481. The second kappa shape index (κ2) is 4.56. The number of nitrogens with zero attached hydrogens (tertiary/aromatic N) is 2. The normalized spacial score (nSPS) is 11.0. The van der Waals surface area contributed by atoms with Crippen LogP contribution in [0.25, 0.3) is 33.2 Å². The molecule has 0 aliphatic carbocycles. The van der Waals surface area contributed by atoms with Gasteiger partial charge < -0.3 is 5.11 Å². The summed E-state index contributed by atoms with van der Waals surface area (Å²) in [4.78, 5) is 9.24. The largest absolute Gasteiger partial charge is 0.507 e. The zero-order valence-electron chi connectivity index (χ0n) is 11.2. The SMILES string of the molecule is Oc1cccc2nc(-c3ccc4ccccc4n3)ccc12. The van der Waals surface area contributed by atoms with E-state index in [1.807, 2.05) is 54.6 Å². The second-order valence-electron chi connectivity index (χ2n) is 4.93. The van der Waals surface area contributed by atoms with E-state index in [1.54, 1.807) is 12.1 Å². The topological polar surface area (TPSA) is 46.0 Å². The van der Waals surface area contributed by atoms with E-state index in [0.29, 0.717) is 0 Å².